The van der Waals surface area contributed by atoms with Gasteiger partial charge >= 0.3 is 0 Å². The molecule has 0 atom stereocenters. The number of hydrogen-bond donors (Lipinski definition) is 0. The Morgan fingerprint density at radius 2 is 1.88 bits per heavy atom. The molecule has 0 fully saturated rings. The minimum Gasteiger partial charge on any atom is -0.378 e. The molecule has 0 aliphatic heterocycles. The van der Waals surface area contributed by atoms with Crippen molar-refractivity contribution in [3.8, 4) is 5.69 Å². The number of hydrogen-bond acceptors (Lipinski definition) is 4. The number of aromatic nitrogens is 3. The number of nitrogens with zero attached hydrogens (tertiary/aromatic N) is 4. The summed E-state index contributed by atoms with van der Waals surface area (Å²) in [4.78, 5) is 12.7. The molecule has 17 heavy (non-hydrogen) atoms. The van der Waals surface area contributed by atoms with E-state index in [9.17, 15) is 4.79 Å². The summed E-state index contributed by atoms with van der Waals surface area (Å²) in [5.74, 6) is 0. The van der Waals surface area contributed by atoms with Crippen LogP contribution in [0.15, 0.2) is 24.3 Å². The third-order valence-electron chi connectivity index (χ3n) is 2.65. The zero-order valence-corrected chi connectivity index (χ0v) is 10.1. The molecule has 88 valence electrons. The quantitative estimate of drug-likeness (QED) is 0.749. The minimum absolute atomic E-state index is 0.377. The standard InChI is InChI=1S/C12H14N4O/c1-9-12(8-17)13-14-16(9)11-6-4-10(5-7-11)15(2)3/h4-8H,1-3H3. The van der Waals surface area contributed by atoms with E-state index >= 15 is 0 Å². The van der Waals surface area contributed by atoms with E-state index in [2.05, 4.69) is 10.3 Å². The van der Waals surface area contributed by atoms with Crippen molar-refractivity contribution in [3.63, 3.8) is 0 Å². The molecule has 0 N–H and O–H groups in total. The summed E-state index contributed by atoms with van der Waals surface area (Å²) in [6, 6.07) is 7.89. The molecule has 0 unspecified atom stereocenters. The second-order valence-corrected chi connectivity index (χ2v) is 4.00. The molecular formula is C12H14N4O. The predicted octanol–water partition coefficient (Wildman–Crippen LogP) is 1.45. The van der Waals surface area contributed by atoms with Crippen LogP contribution in [0.3, 0.4) is 0 Å². The summed E-state index contributed by atoms with van der Waals surface area (Å²) in [6.07, 6.45) is 0.715. The summed E-state index contributed by atoms with van der Waals surface area (Å²) in [7, 11) is 3.97. The van der Waals surface area contributed by atoms with E-state index in [1.54, 1.807) is 4.68 Å². The van der Waals surface area contributed by atoms with Gasteiger partial charge in [-0.15, -0.1) is 5.10 Å². The van der Waals surface area contributed by atoms with Crippen molar-refractivity contribution in [3.05, 3.63) is 35.7 Å². The Bertz CT molecular complexity index is 528. The molecule has 5 nitrogen and oxygen atoms in total. The summed E-state index contributed by atoms with van der Waals surface area (Å²) < 4.78 is 1.66. The lowest BCUT2D eigenvalue weighted by atomic mass is 10.2. The van der Waals surface area contributed by atoms with Crippen LogP contribution in [0.2, 0.25) is 0 Å². The lowest BCUT2D eigenvalue weighted by Crippen LogP contribution is -2.08. The van der Waals surface area contributed by atoms with E-state index in [-0.39, 0.29) is 0 Å². The maximum absolute atomic E-state index is 10.7. The monoisotopic (exact) mass is 230 g/mol. The molecule has 2 aromatic rings. The van der Waals surface area contributed by atoms with Crippen LogP contribution in [-0.4, -0.2) is 35.4 Å². The van der Waals surface area contributed by atoms with E-state index in [4.69, 9.17) is 0 Å². The molecule has 0 saturated carbocycles. The molecule has 2 rings (SSSR count). The molecule has 0 radical (unpaired) electrons. The number of carbonyl (C=O) groups is 1. The molecule has 0 aliphatic rings. The summed E-state index contributed by atoms with van der Waals surface area (Å²) in [6.45, 7) is 1.82. The average molecular weight is 230 g/mol. The van der Waals surface area contributed by atoms with Crippen LogP contribution in [0.5, 0.6) is 0 Å². The molecule has 1 heterocycles. The van der Waals surface area contributed by atoms with Gasteiger partial charge in [-0.25, -0.2) is 4.68 Å². The van der Waals surface area contributed by atoms with Crippen molar-refractivity contribution >= 4 is 12.0 Å². The highest BCUT2D eigenvalue weighted by Gasteiger charge is 2.08. The van der Waals surface area contributed by atoms with E-state index in [1.165, 1.54) is 0 Å². The van der Waals surface area contributed by atoms with Gasteiger partial charge in [0.2, 0.25) is 0 Å². The van der Waals surface area contributed by atoms with Crippen molar-refractivity contribution < 1.29 is 4.79 Å². The normalized spacial score (nSPS) is 10.3. The highest BCUT2D eigenvalue weighted by atomic mass is 16.1. The summed E-state index contributed by atoms with van der Waals surface area (Å²) in [5, 5.41) is 7.76. The predicted molar refractivity (Wildman–Crippen MR) is 65.8 cm³/mol. The third-order valence-corrected chi connectivity index (χ3v) is 2.65. The SMILES string of the molecule is Cc1c(C=O)nnn1-c1ccc(N(C)C)cc1. The first-order valence-corrected chi connectivity index (χ1v) is 5.28. The van der Waals surface area contributed by atoms with Gasteiger partial charge in [0.25, 0.3) is 0 Å². The number of anilines is 1. The number of rotatable bonds is 3. The van der Waals surface area contributed by atoms with Gasteiger partial charge in [-0.1, -0.05) is 5.21 Å². The van der Waals surface area contributed by atoms with Crippen molar-refractivity contribution in [2.75, 3.05) is 19.0 Å². The van der Waals surface area contributed by atoms with Crippen LogP contribution in [0.25, 0.3) is 5.69 Å². The van der Waals surface area contributed by atoms with Crippen LogP contribution in [-0.2, 0) is 0 Å². The molecular weight excluding hydrogens is 216 g/mol. The first-order chi connectivity index (χ1) is 8.13. The van der Waals surface area contributed by atoms with Crippen LogP contribution in [0, 0.1) is 6.92 Å². The van der Waals surface area contributed by atoms with E-state index < -0.39 is 0 Å². The van der Waals surface area contributed by atoms with Gasteiger partial charge in [-0.05, 0) is 31.2 Å². The lowest BCUT2D eigenvalue weighted by molar-refractivity contribution is 0.111. The topological polar surface area (TPSA) is 51.0 Å². The molecule has 0 bridgehead atoms. The van der Waals surface area contributed by atoms with Crippen LogP contribution >= 0.6 is 0 Å². The zero-order chi connectivity index (χ0) is 12.4. The Labute approximate surface area is 99.7 Å². The maximum Gasteiger partial charge on any atom is 0.172 e. The Hall–Kier alpha value is -2.17. The Balaban J connectivity index is 2.39. The van der Waals surface area contributed by atoms with Gasteiger partial charge in [-0.2, -0.15) is 0 Å². The Morgan fingerprint density at radius 3 is 2.35 bits per heavy atom. The van der Waals surface area contributed by atoms with Gasteiger partial charge in [0.05, 0.1) is 11.4 Å². The largest absolute Gasteiger partial charge is 0.378 e. The molecule has 0 spiro atoms. The number of carbonyl (C=O) groups excluding carboxylic acids is 1. The van der Waals surface area contributed by atoms with Crippen molar-refractivity contribution in [2.45, 2.75) is 6.92 Å². The molecule has 0 amide bonds. The highest BCUT2D eigenvalue weighted by Crippen LogP contribution is 2.16. The second kappa shape index (κ2) is 4.37. The lowest BCUT2D eigenvalue weighted by Gasteiger charge is -2.12. The fourth-order valence-corrected chi connectivity index (χ4v) is 1.59. The third kappa shape index (κ3) is 2.04. The molecule has 1 aromatic heterocycles. The van der Waals surface area contributed by atoms with Crippen LogP contribution in [0.1, 0.15) is 16.2 Å². The van der Waals surface area contributed by atoms with Gasteiger partial charge < -0.3 is 4.90 Å². The van der Waals surface area contributed by atoms with Crippen molar-refractivity contribution in [1.82, 2.24) is 15.0 Å². The van der Waals surface area contributed by atoms with E-state index in [1.807, 2.05) is 50.2 Å². The maximum atomic E-state index is 10.7. The van der Waals surface area contributed by atoms with Gasteiger partial charge in [-0.3, -0.25) is 4.79 Å². The molecule has 0 aliphatic carbocycles. The van der Waals surface area contributed by atoms with Crippen LogP contribution in [0.4, 0.5) is 5.69 Å². The fraction of sp³-hybridized carbons (Fsp3) is 0.250. The smallest absolute Gasteiger partial charge is 0.172 e. The first-order valence-electron chi connectivity index (χ1n) is 5.28. The van der Waals surface area contributed by atoms with Gasteiger partial charge in [0, 0.05) is 19.8 Å². The number of aldehydes is 1. The van der Waals surface area contributed by atoms with Crippen LogP contribution < -0.4 is 4.90 Å². The van der Waals surface area contributed by atoms with Crippen molar-refractivity contribution in [1.29, 1.82) is 0 Å². The van der Waals surface area contributed by atoms with Gasteiger partial charge in [0.1, 0.15) is 5.69 Å². The van der Waals surface area contributed by atoms with Crippen molar-refractivity contribution in [2.24, 2.45) is 0 Å². The first kappa shape index (κ1) is 11.3. The zero-order valence-electron chi connectivity index (χ0n) is 10.1. The summed E-state index contributed by atoms with van der Waals surface area (Å²) >= 11 is 0. The molecule has 0 saturated heterocycles. The molecule has 1 aromatic carbocycles. The Morgan fingerprint density at radius 1 is 1.24 bits per heavy atom. The average Bonchev–Trinajstić information content (AvgIpc) is 2.70. The summed E-state index contributed by atoms with van der Waals surface area (Å²) in [5.41, 5.74) is 3.13. The van der Waals surface area contributed by atoms with E-state index in [0.29, 0.717) is 12.0 Å². The fourth-order valence-electron chi connectivity index (χ4n) is 1.59. The number of benzene rings is 1. The minimum atomic E-state index is 0.377. The second-order valence-electron chi connectivity index (χ2n) is 4.00. The Kier molecular flexibility index (Phi) is 2.91. The highest BCUT2D eigenvalue weighted by molar-refractivity contribution is 5.73. The molecule has 5 heteroatoms. The van der Waals surface area contributed by atoms with E-state index in [0.717, 1.165) is 17.1 Å². The van der Waals surface area contributed by atoms with Gasteiger partial charge in [0.15, 0.2) is 6.29 Å².